The number of halogens is 1. The molecule has 0 saturated carbocycles. The van der Waals surface area contributed by atoms with Crippen LogP contribution in [-0.2, 0) is 12.4 Å². The first-order chi connectivity index (χ1) is 8.19. The molecule has 1 aromatic heterocycles. The van der Waals surface area contributed by atoms with Crippen molar-refractivity contribution in [2.75, 3.05) is 5.32 Å². The van der Waals surface area contributed by atoms with E-state index in [1.54, 1.807) is 11.3 Å². The molecule has 1 heterocycles. The van der Waals surface area contributed by atoms with Crippen LogP contribution in [0.1, 0.15) is 21.1 Å². The Hall–Kier alpha value is -1.06. The molecular weight excluding hydrogens is 252 g/mol. The number of rotatable bonds is 4. The third-order valence-electron chi connectivity index (χ3n) is 2.60. The monoisotopic (exact) mass is 266 g/mol. The SMILES string of the molecule is Cc1nc(CNc2cccc(CCl)c2)sc1C. The minimum Gasteiger partial charge on any atom is -0.379 e. The van der Waals surface area contributed by atoms with Crippen LogP contribution in [0.4, 0.5) is 5.69 Å². The number of thiazole rings is 1. The van der Waals surface area contributed by atoms with Gasteiger partial charge in [-0.15, -0.1) is 22.9 Å². The highest BCUT2D eigenvalue weighted by molar-refractivity contribution is 7.11. The number of anilines is 1. The fourth-order valence-electron chi connectivity index (χ4n) is 1.56. The van der Waals surface area contributed by atoms with E-state index in [1.807, 2.05) is 25.1 Å². The van der Waals surface area contributed by atoms with Crippen molar-refractivity contribution in [2.24, 2.45) is 0 Å². The van der Waals surface area contributed by atoms with Crippen LogP contribution in [0.25, 0.3) is 0 Å². The van der Waals surface area contributed by atoms with E-state index in [2.05, 4.69) is 23.3 Å². The van der Waals surface area contributed by atoms with Gasteiger partial charge in [-0.25, -0.2) is 4.98 Å². The average molecular weight is 267 g/mol. The van der Waals surface area contributed by atoms with Crippen molar-refractivity contribution in [3.05, 3.63) is 45.4 Å². The van der Waals surface area contributed by atoms with Gasteiger partial charge < -0.3 is 5.32 Å². The van der Waals surface area contributed by atoms with Crippen LogP contribution in [0.5, 0.6) is 0 Å². The van der Waals surface area contributed by atoms with Crippen molar-refractivity contribution in [1.29, 1.82) is 0 Å². The van der Waals surface area contributed by atoms with E-state index in [-0.39, 0.29) is 0 Å². The van der Waals surface area contributed by atoms with Crippen molar-refractivity contribution in [3.8, 4) is 0 Å². The Labute approximate surface area is 111 Å². The van der Waals surface area contributed by atoms with Crippen LogP contribution in [0.2, 0.25) is 0 Å². The number of aryl methyl sites for hydroxylation is 2. The summed E-state index contributed by atoms with van der Waals surface area (Å²) in [5, 5.41) is 4.49. The first kappa shape index (κ1) is 12.4. The molecule has 0 fully saturated rings. The molecule has 0 spiro atoms. The van der Waals surface area contributed by atoms with Crippen LogP contribution in [-0.4, -0.2) is 4.98 Å². The molecular formula is C13H15ClN2S. The molecule has 0 aliphatic heterocycles. The fraction of sp³-hybridized carbons (Fsp3) is 0.308. The van der Waals surface area contributed by atoms with Crippen molar-refractivity contribution < 1.29 is 0 Å². The molecule has 0 atom stereocenters. The van der Waals surface area contributed by atoms with Gasteiger partial charge in [0.15, 0.2) is 0 Å². The second-order valence-corrected chi connectivity index (χ2v) is 5.49. The van der Waals surface area contributed by atoms with Gasteiger partial charge in [-0.3, -0.25) is 0 Å². The highest BCUT2D eigenvalue weighted by Crippen LogP contribution is 2.18. The van der Waals surface area contributed by atoms with Crippen LogP contribution in [0, 0.1) is 13.8 Å². The smallest absolute Gasteiger partial charge is 0.112 e. The number of nitrogens with zero attached hydrogens (tertiary/aromatic N) is 1. The Morgan fingerprint density at radius 1 is 1.35 bits per heavy atom. The highest BCUT2D eigenvalue weighted by Gasteiger charge is 2.03. The molecule has 2 aromatic rings. The Morgan fingerprint density at radius 2 is 2.18 bits per heavy atom. The number of alkyl halides is 1. The van der Waals surface area contributed by atoms with Crippen LogP contribution < -0.4 is 5.32 Å². The topological polar surface area (TPSA) is 24.9 Å². The van der Waals surface area contributed by atoms with E-state index >= 15 is 0 Å². The summed E-state index contributed by atoms with van der Waals surface area (Å²) in [7, 11) is 0. The van der Waals surface area contributed by atoms with E-state index in [0.717, 1.165) is 28.5 Å². The fourth-order valence-corrected chi connectivity index (χ4v) is 2.60. The summed E-state index contributed by atoms with van der Waals surface area (Å²) in [6, 6.07) is 8.15. The van der Waals surface area contributed by atoms with Crippen LogP contribution in [0.3, 0.4) is 0 Å². The lowest BCUT2D eigenvalue weighted by Gasteiger charge is -2.05. The second-order valence-electron chi connectivity index (χ2n) is 3.94. The van der Waals surface area contributed by atoms with Gasteiger partial charge in [0.2, 0.25) is 0 Å². The maximum Gasteiger partial charge on any atom is 0.112 e. The van der Waals surface area contributed by atoms with Gasteiger partial charge in [0.25, 0.3) is 0 Å². The summed E-state index contributed by atoms with van der Waals surface area (Å²) < 4.78 is 0. The molecule has 1 N–H and O–H groups in total. The molecule has 1 aromatic carbocycles. The average Bonchev–Trinajstić information content (AvgIpc) is 2.67. The molecule has 0 aliphatic rings. The first-order valence-electron chi connectivity index (χ1n) is 5.50. The quantitative estimate of drug-likeness (QED) is 0.843. The number of hydrogen-bond acceptors (Lipinski definition) is 3. The number of hydrogen-bond donors (Lipinski definition) is 1. The number of nitrogens with one attached hydrogen (secondary N) is 1. The van der Waals surface area contributed by atoms with Crippen molar-refractivity contribution in [2.45, 2.75) is 26.3 Å². The molecule has 4 heteroatoms. The van der Waals surface area contributed by atoms with Crippen LogP contribution in [0.15, 0.2) is 24.3 Å². The standard InChI is InChI=1S/C13H15ClN2S/c1-9-10(2)17-13(16-9)8-15-12-5-3-4-11(6-12)7-14/h3-6,15H,7-8H2,1-2H3. The molecule has 0 amide bonds. The summed E-state index contributed by atoms with van der Waals surface area (Å²) in [5.74, 6) is 0.547. The summed E-state index contributed by atoms with van der Waals surface area (Å²) in [4.78, 5) is 5.79. The molecule has 2 rings (SSSR count). The zero-order chi connectivity index (χ0) is 12.3. The normalized spacial score (nSPS) is 10.5. The van der Waals surface area contributed by atoms with E-state index in [4.69, 9.17) is 11.6 Å². The van der Waals surface area contributed by atoms with E-state index in [9.17, 15) is 0 Å². The van der Waals surface area contributed by atoms with Gasteiger partial charge >= 0.3 is 0 Å². The minimum absolute atomic E-state index is 0.547. The second kappa shape index (κ2) is 5.52. The van der Waals surface area contributed by atoms with Crippen molar-refractivity contribution in [3.63, 3.8) is 0 Å². The van der Waals surface area contributed by atoms with Crippen molar-refractivity contribution in [1.82, 2.24) is 4.98 Å². The van der Waals surface area contributed by atoms with E-state index < -0.39 is 0 Å². The third-order valence-corrected chi connectivity index (χ3v) is 3.98. The largest absolute Gasteiger partial charge is 0.379 e. The van der Waals surface area contributed by atoms with Gasteiger partial charge in [0.05, 0.1) is 12.2 Å². The molecule has 0 aliphatic carbocycles. The lowest BCUT2D eigenvalue weighted by molar-refractivity contribution is 1.07. The summed E-state index contributed by atoms with van der Waals surface area (Å²) >= 11 is 7.55. The van der Waals surface area contributed by atoms with Gasteiger partial charge in [0, 0.05) is 16.4 Å². The number of aromatic nitrogens is 1. The van der Waals surface area contributed by atoms with Gasteiger partial charge in [-0.2, -0.15) is 0 Å². The molecule has 2 nitrogen and oxygen atoms in total. The van der Waals surface area contributed by atoms with Gasteiger partial charge in [-0.1, -0.05) is 12.1 Å². The first-order valence-corrected chi connectivity index (χ1v) is 6.86. The highest BCUT2D eigenvalue weighted by atomic mass is 35.5. The molecule has 0 unspecified atom stereocenters. The molecule has 0 saturated heterocycles. The predicted octanol–water partition coefficient (Wildman–Crippen LogP) is 4.11. The number of benzene rings is 1. The zero-order valence-corrected chi connectivity index (χ0v) is 11.5. The minimum atomic E-state index is 0.547. The summed E-state index contributed by atoms with van der Waals surface area (Å²) in [6.45, 7) is 4.92. The maximum atomic E-state index is 5.80. The van der Waals surface area contributed by atoms with E-state index in [1.165, 1.54) is 4.88 Å². The van der Waals surface area contributed by atoms with Gasteiger partial charge in [0.1, 0.15) is 5.01 Å². The Morgan fingerprint density at radius 3 is 2.82 bits per heavy atom. The van der Waals surface area contributed by atoms with Gasteiger partial charge in [-0.05, 0) is 31.5 Å². The lowest BCUT2D eigenvalue weighted by Crippen LogP contribution is -1.99. The molecule has 0 radical (unpaired) electrons. The Bertz CT molecular complexity index is 488. The molecule has 17 heavy (non-hydrogen) atoms. The Balaban J connectivity index is 2.01. The predicted molar refractivity (Wildman–Crippen MR) is 74.9 cm³/mol. The zero-order valence-electron chi connectivity index (χ0n) is 9.96. The third kappa shape index (κ3) is 3.20. The Kier molecular flexibility index (Phi) is 4.02. The molecule has 0 bridgehead atoms. The van der Waals surface area contributed by atoms with Crippen molar-refractivity contribution >= 4 is 28.6 Å². The van der Waals surface area contributed by atoms with Crippen LogP contribution >= 0.6 is 22.9 Å². The summed E-state index contributed by atoms with van der Waals surface area (Å²) in [6.07, 6.45) is 0. The maximum absolute atomic E-state index is 5.80. The summed E-state index contributed by atoms with van der Waals surface area (Å²) in [5.41, 5.74) is 3.35. The lowest BCUT2D eigenvalue weighted by atomic mass is 10.2. The van der Waals surface area contributed by atoms with E-state index in [0.29, 0.717) is 5.88 Å². The molecule has 90 valence electrons.